The highest BCUT2D eigenvalue weighted by atomic mass is 19.4. The van der Waals surface area contributed by atoms with Gasteiger partial charge in [-0.2, -0.15) is 5.10 Å². The van der Waals surface area contributed by atoms with Gasteiger partial charge in [0.2, 0.25) is 0 Å². The number of hydrogen-bond acceptors (Lipinski definition) is 4. The highest BCUT2D eigenvalue weighted by Crippen LogP contribution is 2.25. The van der Waals surface area contributed by atoms with Crippen LogP contribution in [-0.2, 0) is 7.05 Å². The molecule has 0 aliphatic carbocycles. The molecular weight excluding hydrogens is 289 g/mol. The Labute approximate surface area is 117 Å². The summed E-state index contributed by atoms with van der Waals surface area (Å²) < 4.78 is 41.4. The quantitative estimate of drug-likeness (QED) is 0.910. The largest absolute Gasteiger partial charge is 0.573 e. The lowest BCUT2D eigenvalue weighted by molar-refractivity contribution is -0.274. The topological polar surface area (TPSA) is 82.2 Å². The first-order valence-electron chi connectivity index (χ1n) is 5.71. The van der Waals surface area contributed by atoms with Crippen LogP contribution < -0.4 is 15.8 Å². The lowest BCUT2D eigenvalue weighted by Crippen LogP contribution is -2.19. The number of nitrogens with zero attached hydrogens (tertiary/aromatic N) is 2. The molecule has 112 valence electrons. The third kappa shape index (κ3) is 3.65. The summed E-state index contributed by atoms with van der Waals surface area (Å²) in [5, 5.41) is 6.23. The van der Waals surface area contributed by atoms with Crippen LogP contribution in [0.5, 0.6) is 5.75 Å². The molecule has 2 aromatic rings. The van der Waals surface area contributed by atoms with Gasteiger partial charge in [0.05, 0.1) is 11.9 Å². The molecule has 3 N–H and O–H groups in total. The number of alkyl halides is 3. The van der Waals surface area contributed by atoms with Crippen molar-refractivity contribution in [1.29, 1.82) is 0 Å². The van der Waals surface area contributed by atoms with Gasteiger partial charge in [-0.25, -0.2) is 0 Å². The third-order valence-electron chi connectivity index (χ3n) is 2.51. The second kappa shape index (κ2) is 5.35. The summed E-state index contributed by atoms with van der Waals surface area (Å²) in [4.78, 5) is 12.0. The molecule has 9 heteroatoms. The van der Waals surface area contributed by atoms with Crippen LogP contribution in [-0.4, -0.2) is 22.1 Å². The number of nitrogen functional groups attached to an aromatic ring is 1. The van der Waals surface area contributed by atoms with Crippen molar-refractivity contribution in [3.63, 3.8) is 0 Å². The average Bonchev–Trinajstić information content (AvgIpc) is 2.67. The maximum Gasteiger partial charge on any atom is 0.573 e. The SMILES string of the molecule is Cn1ncc(N)c1C(=O)Nc1cccc(OC(F)(F)F)c1. The summed E-state index contributed by atoms with van der Waals surface area (Å²) in [6.45, 7) is 0. The lowest BCUT2D eigenvalue weighted by atomic mass is 10.2. The predicted molar refractivity (Wildman–Crippen MR) is 68.7 cm³/mol. The summed E-state index contributed by atoms with van der Waals surface area (Å²) >= 11 is 0. The molecular formula is C12H11F3N4O2. The summed E-state index contributed by atoms with van der Waals surface area (Å²) in [5.74, 6) is -1.02. The van der Waals surface area contributed by atoms with Gasteiger partial charge in [0, 0.05) is 18.8 Å². The van der Waals surface area contributed by atoms with Gasteiger partial charge in [-0.1, -0.05) is 6.07 Å². The molecule has 0 atom stereocenters. The van der Waals surface area contributed by atoms with Crippen molar-refractivity contribution in [2.24, 2.45) is 7.05 Å². The van der Waals surface area contributed by atoms with E-state index >= 15 is 0 Å². The fraction of sp³-hybridized carbons (Fsp3) is 0.167. The Bertz CT molecular complexity index is 647. The van der Waals surface area contributed by atoms with Gasteiger partial charge >= 0.3 is 6.36 Å². The number of carbonyl (C=O) groups excluding carboxylic acids is 1. The Hall–Kier alpha value is -2.71. The molecule has 6 nitrogen and oxygen atoms in total. The molecule has 1 aromatic heterocycles. The number of aryl methyl sites for hydroxylation is 1. The number of rotatable bonds is 3. The second-order valence-corrected chi connectivity index (χ2v) is 4.10. The van der Waals surface area contributed by atoms with Gasteiger partial charge < -0.3 is 15.8 Å². The first-order valence-corrected chi connectivity index (χ1v) is 5.71. The van der Waals surface area contributed by atoms with E-state index in [0.717, 1.165) is 12.1 Å². The zero-order valence-electron chi connectivity index (χ0n) is 10.8. The number of carbonyl (C=O) groups is 1. The average molecular weight is 300 g/mol. The van der Waals surface area contributed by atoms with Gasteiger partial charge in [-0.15, -0.1) is 13.2 Å². The highest BCUT2D eigenvalue weighted by Gasteiger charge is 2.31. The molecule has 0 radical (unpaired) electrons. The standard InChI is InChI=1S/C12H11F3N4O2/c1-19-10(9(16)6-17-19)11(20)18-7-3-2-4-8(5-7)21-12(13,14)15/h2-6H,16H2,1H3,(H,18,20). The van der Waals surface area contributed by atoms with Gasteiger partial charge in [-0.05, 0) is 12.1 Å². The first kappa shape index (κ1) is 14.7. The third-order valence-corrected chi connectivity index (χ3v) is 2.51. The Morgan fingerprint density at radius 1 is 1.43 bits per heavy atom. The van der Waals surface area contributed by atoms with Crippen LogP contribution in [0.4, 0.5) is 24.5 Å². The second-order valence-electron chi connectivity index (χ2n) is 4.10. The van der Waals surface area contributed by atoms with E-state index in [9.17, 15) is 18.0 Å². The Morgan fingerprint density at radius 2 is 2.14 bits per heavy atom. The predicted octanol–water partition coefficient (Wildman–Crippen LogP) is 2.15. The van der Waals surface area contributed by atoms with Gasteiger partial charge in [-0.3, -0.25) is 9.48 Å². The van der Waals surface area contributed by atoms with E-state index in [2.05, 4.69) is 15.2 Å². The van der Waals surface area contributed by atoms with E-state index in [1.165, 1.54) is 30.1 Å². The van der Waals surface area contributed by atoms with Crippen LogP contribution >= 0.6 is 0 Å². The molecule has 0 spiro atoms. The van der Waals surface area contributed by atoms with Crippen molar-refractivity contribution in [3.8, 4) is 5.75 Å². The summed E-state index contributed by atoms with van der Waals surface area (Å²) in [7, 11) is 1.52. The first-order chi connectivity index (χ1) is 9.76. The number of halogens is 3. The molecule has 0 saturated heterocycles. The van der Waals surface area contributed by atoms with Crippen LogP contribution in [0.25, 0.3) is 0 Å². The number of benzene rings is 1. The molecule has 0 aliphatic rings. The van der Waals surface area contributed by atoms with Crippen LogP contribution in [0.1, 0.15) is 10.5 Å². The molecule has 0 unspecified atom stereocenters. The number of amides is 1. The minimum atomic E-state index is -4.80. The van der Waals surface area contributed by atoms with E-state index < -0.39 is 18.0 Å². The summed E-state index contributed by atoms with van der Waals surface area (Å²) in [6, 6.07) is 4.93. The van der Waals surface area contributed by atoms with Crippen molar-refractivity contribution < 1.29 is 22.7 Å². The van der Waals surface area contributed by atoms with Crippen molar-refractivity contribution in [2.75, 3.05) is 11.1 Å². The maximum absolute atomic E-state index is 12.1. The van der Waals surface area contributed by atoms with E-state index in [0.29, 0.717) is 0 Å². The van der Waals surface area contributed by atoms with Crippen LogP contribution in [0.15, 0.2) is 30.5 Å². The highest BCUT2D eigenvalue weighted by molar-refractivity contribution is 6.06. The van der Waals surface area contributed by atoms with E-state index in [-0.39, 0.29) is 17.1 Å². The van der Waals surface area contributed by atoms with Gasteiger partial charge in [0.1, 0.15) is 11.4 Å². The lowest BCUT2D eigenvalue weighted by Gasteiger charge is -2.11. The van der Waals surface area contributed by atoms with Crippen molar-refractivity contribution >= 4 is 17.3 Å². The van der Waals surface area contributed by atoms with Crippen molar-refractivity contribution in [3.05, 3.63) is 36.2 Å². The minimum absolute atomic E-state index is 0.108. The molecule has 1 heterocycles. The zero-order chi connectivity index (χ0) is 15.6. The summed E-state index contributed by atoms with van der Waals surface area (Å²) in [5.41, 5.74) is 6.01. The molecule has 1 amide bonds. The number of aromatic nitrogens is 2. The fourth-order valence-corrected chi connectivity index (χ4v) is 1.69. The van der Waals surface area contributed by atoms with E-state index in [1.54, 1.807) is 0 Å². The molecule has 2 rings (SSSR count). The van der Waals surface area contributed by atoms with Crippen LogP contribution in [0.3, 0.4) is 0 Å². The normalized spacial score (nSPS) is 11.2. The van der Waals surface area contributed by atoms with Gasteiger partial charge in [0.25, 0.3) is 5.91 Å². The van der Waals surface area contributed by atoms with Crippen LogP contribution in [0.2, 0.25) is 0 Å². The number of nitrogens with one attached hydrogen (secondary N) is 1. The number of ether oxygens (including phenoxy) is 1. The number of nitrogens with two attached hydrogens (primary N) is 1. The zero-order valence-corrected chi connectivity index (χ0v) is 10.8. The molecule has 0 fully saturated rings. The smallest absolute Gasteiger partial charge is 0.406 e. The summed E-state index contributed by atoms with van der Waals surface area (Å²) in [6.07, 6.45) is -3.49. The molecule has 0 aliphatic heterocycles. The minimum Gasteiger partial charge on any atom is -0.406 e. The van der Waals surface area contributed by atoms with Crippen molar-refractivity contribution in [2.45, 2.75) is 6.36 Å². The Kier molecular flexibility index (Phi) is 3.74. The Morgan fingerprint density at radius 3 is 2.71 bits per heavy atom. The molecule has 21 heavy (non-hydrogen) atoms. The van der Waals surface area contributed by atoms with Gasteiger partial charge in [0.15, 0.2) is 0 Å². The number of anilines is 2. The molecule has 0 saturated carbocycles. The van der Waals surface area contributed by atoms with E-state index in [4.69, 9.17) is 5.73 Å². The van der Waals surface area contributed by atoms with Crippen molar-refractivity contribution in [1.82, 2.24) is 9.78 Å². The molecule has 0 bridgehead atoms. The maximum atomic E-state index is 12.1. The fourth-order valence-electron chi connectivity index (χ4n) is 1.69. The Balaban J connectivity index is 2.17. The van der Waals surface area contributed by atoms with E-state index in [1.807, 2.05) is 0 Å². The monoisotopic (exact) mass is 300 g/mol. The molecule has 1 aromatic carbocycles. The van der Waals surface area contributed by atoms with Crippen LogP contribution in [0, 0.1) is 0 Å². The number of hydrogen-bond donors (Lipinski definition) is 2.